The molecular weight excluding hydrogens is 548 g/mol. The minimum Gasteiger partial charge on any atom is -0.497 e. The summed E-state index contributed by atoms with van der Waals surface area (Å²) in [6, 6.07) is 11.1. The van der Waals surface area contributed by atoms with E-state index in [0.29, 0.717) is 78.2 Å². The molecule has 4 rings (SSSR count). The fourth-order valence-corrected chi connectivity index (χ4v) is 5.35. The van der Waals surface area contributed by atoms with Crippen molar-refractivity contribution in [1.29, 1.82) is 0 Å². The molecule has 1 saturated heterocycles. The fraction of sp³-hybridized carbons (Fsp3) is 0.433. The molecule has 2 aliphatic heterocycles. The number of nitrogens with one attached hydrogen (secondary N) is 1. The number of carbonyl (C=O) groups excluding carboxylic acids is 3. The van der Waals surface area contributed by atoms with Gasteiger partial charge in [-0.3, -0.25) is 14.6 Å². The Morgan fingerprint density at radius 3 is 2.27 bits per heavy atom. The van der Waals surface area contributed by atoms with Crippen molar-refractivity contribution in [3.05, 3.63) is 69.9 Å². The summed E-state index contributed by atoms with van der Waals surface area (Å²) in [6.07, 6.45) is 0.746. The van der Waals surface area contributed by atoms with E-state index in [-0.39, 0.29) is 18.5 Å². The lowest BCUT2D eigenvalue weighted by atomic mass is 9.93. The average Bonchev–Trinajstić information content (AvgIpc) is 3.22. The van der Waals surface area contributed by atoms with Gasteiger partial charge in [0.1, 0.15) is 11.5 Å². The smallest absolute Gasteiger partial charge is 0.338 e. The summed E-state index contributed by atoms with van der Waals surface area (Å²) in [5, 5.41) is 3.57. The maximum Gasteiger partial charge on any atom is 0.338 e. The number of halogens is 1. The van der Waals surface area contributed by atoms with Gasteiger partial charge in [0.25, 0.3) is 5.91 Å². The quantitative estimate of drug-likeness (QED) is 0.443. The number of esters is 1. The van der Waals surface area contributed by atoms with Gasteiger partial charge in [-0.05, 0) is 62.2 Å². The SMILES string of the molecule is CCOC(=O)C1=C(CN2CCCN(C(=O)c3ccc(Cl)cc3)CC2)N(CC)C(=O)NC1c1cc(OC)cc(OC)c1. The predicted octanol–water partition coefficient (Wildman–Crippen LogP) is 4.11. The first-order chi connectivity index (χ1) is 19.8. The molecule has 0 spiro atoms. The molecule has 2 heterocycles. The molecule has 10 nitrogen and oxygen atoms in total. The third-order valence-corrected chi connectivity index (χ3v) is 7.55. The van der Waals surface area contributed by atoms with Crippen LogP contribution in [0.15, 0.2) is 53.7 Å². The van der Waals surface area contributed by atoms with Crippen molar-refractivity contribution in [3.63, 3.8) is 0 Å². The van der Waals surface area contributed by atoms with Gasteiger partial charge < -0.3 is 24.4 Å². The highest BCUT2D eigenvalue weighted by molar-refractivity contribution is 6.30. The molecule has 0 saturated carbocycles. The number of likely N-dealkylation sites (N-methyl/N-ethyl adjacent to an activating group) is 1. The third kappa shape index (κ3) is 6.94. The molecule has 0 aliphatic carbocycles. The van der Waals surface area contributed by atoms with Gasteiger partial charge in [0.15, 0.2) is 0 Å². The molecule has 1 N–H and O–H groups in total. The van der Waals surface area contributed by atoms with E-state index in [9.17, 15) is 14.4 Å². The van der Waals surface area contributed by atoms with E-state index in [4.69, 9.17) is 25.8 Å². The monoisotopic (exact) mass is 584 g/mol. The number of nitrogens with zero attached hydrogens (tertiary/aromatic N) is 3. The highest BCUT2D eigenvalue weighted by Gasteiger charge is 2.39. The molecule has 0 aromatic heterocycles. The van der Waals surface area contributed by atoms with Gasteiger partial charge in [-0.2, -0.15) is 0 Å². The number of rotatable bonds is 9. The van der Waals surface area contributed by atoms with Crippen LogP contribution in [0.25, 0.3) is 0 Å². The topological polar surface area (TPSA) is 101 Å². The molecule has 1 atom stereocenters. The van der Waals surface area contributed by atoms with Gasteiger partial charge in [-0.1, -0.05) is 11.6 Å². The van der Waals surface area contributed by atoms with Crippen molar-refractivity contribution < 1.29 is 28.6 Å². The first kappa shape index (κ1) is 30.2. The highest BCUT2D eigenvalue weighted by atomic mass is 35.5. The van der Waals surface area contributed by atoms with Crippen LogP contribution in [0.4, 0.5) is 4.79 Å². The normalized spacial score (nSPS) is 18.1. The summed E-state index contributed by atoms with van der Waals surface area (Å²) in [6.45, 7) is 6.91. The second kappa shape index (κ2) is 13.7. The second-order valence-electron chi connectivity index (χ2n) is 9.78. The molecular formula is C30H37ClN4O6. The zero-order valence-electron chi connectivity index (χ0n) is 23.9. The zero-order valence-corrected chi connectivity index (χ0v) is 24.7. The van der Waals surface area contributed by atoms with Crippen LogP contribution in [0, 0.1) is 0 Å². The lowest BCUT2D eigenvalue weighted by molar-refractivity contribution is -0.139. The number of ether oxygens (including phenoxy) is 3. The lowest BCUT2D eigenvalue weighted by Crippen LogP contribution is -2.51. The molecule has 2 aromatic carbocycles. The molecule has 0 bridgehead atoms. The molecule has 11 heteroatoms. The van der Waals surface area contributed by atoms with Crippen LogP contribution in [0.1, 0.15) is 42.2 Å². The van der Waals surface area contributed by atoms with E-state index in [2.05, 4.69) is 10.2 Å². The van der Waals surface area contributed by atoms with Gasteiger partial charge in [0.2, 0.25) is 0 Å². The summed E-state index contributed by atoms with van der Waals surface area (Å²) in [4.78, 5) is 45.6. The van der Waals surface area contributed by atoms with Crippen molar-refractivity contribution in [3.8, 4) is 11.5 Å². The summed E-state index contributed by atoms with van der Waals surface area (Å²) >= 11 is 5.99. The molecule has 0 radical (unpaired) electrons. The van der Waals surface area contributed by atoms with Gasteiger partial charge in [0, 0.05) is 61.6 Å². The van der Waals surface area contributed by atoms with Gasteiger partial charge in [-0.25, -0.2) is 9.59 Å². The van der Waals surface area contributed by atoms with Crippen molar-refractivity contribution >= 4 is 29.5 Å². The number of carbonyl (C=O) groups is 3. The van der Waals surface area contributed by atoms with Crippen molar-refractivity contribution in [2.24, 2.45) is 0 Å². The maximum atomic E-state index is 13.5. The van der Waals surface area contributed by atoms with Crippen molar-refractivity contribution in [2.45, 2.75) is 26.3 Å². The number of benzene rings is 2. The summed E-state index contributed by atoms with van der Waals surface area (Å²) in [5.41, 5.74) is 2.18. The van der Waals surface area contributed by atoms with Crippen LogP contribution >= 0.6 is 11.6 Å². The van der Waals surface area contributed by atoms with E-state index in [1.807, 2.05) is 11.8 Å². The summed E-state index contributed by atoms with van der Waals surface area (Å²) in [5.74, 6) is 0.528. The Balaban J connectivity index is 1.66. The van der Waals surface area contributed by atoms with Crippen molar-refractivity contribution in [1.82, 2.24) is 20.0 Å². The van der Waals surface area contributed by atoms with Crippen LogP contribution in [0.2, 0.25) is 5.02 Å². The van der Waals surface area contributed by atoms with Crippen LogP contribution in [-0.4, -0.2) is 92.7 Å². The molecule has 2 aliphatic rings. The van der Waals surface area contributed by atoms with Crippen LogP contribution in [0.5, 0.6) is 11.5 Å². The van der Waals surface area contributed by atoms with E-state index in [0.717, 1.165) is 6.42 Å². The number of hydrogen-bond donors (Lipinski definition) is 1. The number of amides is 3. The molecule has 1 fully saturated rings. The van der Waals surface area contributed by atoms with Gasteiger partial charge in [-0.15, -0.1) is 0 Å². The Kier molecular flexibility index (Phi) is 10.1. The van der Waals surface area contributed by atoms with Gasteiger partial charge >= 0.3 is 12.0 Å². The highest BCUT2D eigenvalue weighted by Crippen LogP contribution is 2.35. The average molecular weight is 585 g/mol. The first-order valence-electron chi connectivity index (χ1n) is 13.8. The van der Waals surface area contributed by atoms with Crippen molar-refractivity contribution in [2.75, 3.05) is 60.1 Å². The number of methoxy groups -OCH3 is 2. The first-order valence-corrected chi connectivity index (χ1v) is 14.2. The second-order valence-corrected chi connectivity index (χ2v) is 10.2. The van der Waals surface area contributed by atoms with E-state index >= 15 is 0 Å². The Labute approximate surface area is 245 Å². The minimum absolute atomic E-state index is 0.0470. The van der Waals surface area contributed by atoms with E-state index in [1.54, 1.807) is 68.5 Å². The Morgan fingerprint density at radius 2 is 1.66 bits per heavy atom. The van der Waals surface area contributed by atoms with Crippen LogP contribution in [-0.2, 0) is 9.53 Å². The van der Waals surface area contributed by atoms with Gasteiger partial charge in [0.05, 0.1) is 32.4 Å². The molecule has 220 valence electrons. The van der Waals surface area contributed by atoms with E-state index in [1.165, 1.54) is 0 Å². The Morgan fingerprint density at radius 1 is 0.976 bits per heavy atom. The third-order valence-electron chi connectivity index (χ3n) is 7.30. The van der Waals surface area contributed by atoms with Crippen LogP contribution < -0.4 is 14.8 Å². The predicted molar refractivity (Wildman–Crippen MR) is 155 cm³/mol. The summed E-state index contributed by atoms with van der Waals surface area (Å²) < 4.78 is 16.4. The minimum atomic E-state index is -0.765. The molecule has 3 amide bonds. The maximum absolute atomic E-state index is 13.5. The largest absolute Gasteiger partial charge is 0.497 e. The summed E-state index contributed by atoms with van der Waals surface area (Å²) in [7, 11) is 3.09. The lowest BCUT2D eigenvalue weighted by Gasteiger charge is -2.38. The Bertz CT molecular complexity index is 1280. The molecule has 1 unspecified atom stereocenters. The van der Waals surface area contributed by atoms with Crippen LogP contribution in [0.3, 0.4) is 0 Å². The Hall–Kier alpha value is -3.76. The fourth-order valence-electron chi connectivity index (χ4n) is 5.22. The molecule has 2 aromatic rings. The number of hydrogen-bond acceptors (Lipinski definition) is 7. The molecule has 41 heavy (non-hydrogen) atoms. The standard InChI is InChI=1S/C30H37ClN4O6/c1-5-35-25(19-33-12-7-13-34(15-14-33)28(36)20-8-10-22(31)11-9-20)26(29(37)41-6-2)27(32-30(35)38)21-16-23(39-3)18-24(17-21)40-4/h8-11,16-18,27H,5-7,12-15,19H2,1-4H3,(H,32,38). The number of urea groups is 1. The van der Waals surface area contributed by atoms with E-state index < -0.39 is 12.0 Å². The zero-order chi connectivity index (χ0) is 29.5.